The Kier molecular flexibility index (Phi) is 7.28. The number of rotatable bonds is 10. The van der Waals surface area contributed by atoms with Gasteiger partial charge in [-0.05, 0) is 43.2 Å². The second kappa shape index (κ2) is 10.1. The fourth-order valence-electron chi connectivity index (χ4n) is 3.30. The van der Waals surface area contributed by atoms with Crippen molar-refractivity contribution in [3.63, 3.8) is 0 Å². The number of carbonyl (C=O) groups excluding carboxylic acids is 1. The van der Waals surface area contributed by atoms with Crippen molar-refractivity contribution >= 4 is 11.6 Å². The number of benzene rings is 2. The summed E-state index contributed by atoms with van der Waals surface area (Å²) in [6, 6.07) is 15.5. The number of hydrogen-bond acceptors (Lipinski definition) is 5. The zero-order chi connectivity index (χ0) is 19.8. The van der Waals surface area contributed by atoms with Crippen molar-refractivity contribution in [1.82, 2.24) is 4.90 Å². The summed E-state index contributed by atoms with van der Waals surface area (Å²) in [5.74, 6) is 0.792. The van der Waals surface area contributed by atoms with Gasteiger partial charge in [-0.2, -0.15) is 0 Å². The maximum absolute atomic E-state index is 13.1. The molecule has 6 heteroatoms. The molecule has 0 saturated carbocycles. The Bertz CT molecular complexity index is 781. The van der Waals surface area contributed by atoms with Gasteiger partial charge in [0.1, 0.15) is 18.5 Å². The molecule has 0 bridgehead atoms. The van der Waals surface area contributed by atoms with Crippen molar-refractivity contribution in [3.05, 3.63) is 59.7 Å². The predicted molar refractivity (Wildman–Crippen MR) is 109 cm³/mol. The summed E-state index contributed by atoms with van der Waals surface area (Å²) in [5, 5.41) is 3.51. The first-order chi connectivity index (χ1) is 13.7. The molecule has 150 valence electrons. The van der Waals surface area contributed by atoms with Gasteiger partial charge in [0.05, 0.1) is 12.2 Å². The molecule has 28 heavy (non-hydrogen) atoms. The van der Waals surface area contributed by atoms with Crippen molar-refractivity contribution in [2.75, 3.05) is 45.4 Å². The van der Waals surface area contributed by atoms with E-state index in [4.69, 9.17) is 14.2 Å². The molecule has 1 amide bonds. The summed E-state index contributed by atoms with van der Waals surface area (Å²) in [6.07, 6.45) is 0.516. The Labute approximate surface area is 166 Å². The van der Waals surface area contributed by atoms with Gasteiger partial charge in [-0.1, -0.05) is 24.3 Å². The van der Waals surface area contributed by atoms with Crippen LogP contribution in [-0.4, -0.2) is 50.9 Å². The number of methoxy groups -OCH3 is 1. The number of hydrogen-bond donors (Lipinski definition) is 1. The largest absolute Gasteiger partial charge is 0.491 e. The highest BCUT2D eigenvalue weighted by molar-refractivity contribution is 6.01. The Morgan fingerprint density at radius 2 is 1.93 bits per heavy atom. The van der Waals surface area contributed by atoms with Crippen LogP contribution in [0.15, 0.2) is 48.5 Å². The van der Waals surface area contributed by atoms with Crippen LogP contribution < -0.4 is 10.1 Å². The van der Waals surface area contributed by atoms with Crippen molar-refractivity contribution < 1.29 is 19.0 Å². The van der Waals surface area contributed by atoms with Gasteiger partial charge in [0.15, 0.2) is 0 Å². The number of nitrogens with one attached hydrogen (secondary N) is 1. The normalized spacial score (nSPS) is 15.9. The van der Waals surface area contributed by atoms with Gasteiger partial charge >= 0.3 is 0 Å². The molecule has 6 nitrogen and oxygen atoms in total. The average molecular weight is 384 g/mol. The molecular formula is C22H28N2O4. The van der Waals surface area contributed by atoms with Gasteiger partial charge < -0.3 is 24.4 Å². The third-order valence-corrected chi connectivity index (χ3v) is 4.64. The van der Waals surface area contributed by atoms with E-state index < -0.39 is 0 Å². The van der Waals surface area contributed by atoms with Crippen LogP contribution in [-0.2, 0) is 9.47 Å². The third kappa shape index (κ3) is 4.82. The number of nitrogens with zero attached hydrogens (tertiary/aromatic N) is 1. The Morgan fingerprint density at radius 3 is 2.75 bits per heavy atom. The van der Waals surface area contributed by atoms with Crippen molar-refractivity contribution in [1.29, 1.82) is 0 Å². The lowest BCUT2D eigenvalue weighted by molar-refractivity contribution is 0.0659. The molecule has 0 aromatic heterocycles. The van der Waals surface area contributed by atoms with Crippen LogP contribution in [0.2, 0.25) is 0 Å². The van der Waals surface area contributed by atoms with E-state index in [2.05, 4.69) is 5.32 Å². The second-order valence-corrected chi connectivity index (χ2v) is 6.56. The molecule has 0 spiro atoms. The lowest BCUT2D eigenvalue weighted by Gasteiger charge is -2.38. The molecule has 1 N–H and O–H groups in total. The molecule has 1 aliphatic heterocycles. The lowest BCUT2D eigenvalue weighted by Crippen LogP contribution is -2.43. The van der Waals surface area contributed by atoms with Crippen LogP contribution in [0.1, 0.15) is 35.4 Å². The minimum absolute atomic E-state index is 0.0260. The molecule has 1 heterocycles. The zero-order valence-corrected chi connectivity index (χ0v) is 16.5. The molecule has 1 aliphatic rings. The summed E-state index contributed by atoms with van der Waals surface area (Å²) < 4.78 is 16.3. The summed E-state index contributed by atoms with van der Waals surface area (Å²) in [7, 11) is 1.67. The van der Waals surface area contributed by atoms with Crippen LogP contribution in [0.5, 0.6) is 5.75 Å². The lowest BCUT2D eigenvalue weighted by atomic mass is 10.0. The van der Waals surface area contributed by atoms with E-state index >= 15 is 0 Å². The molecule has 2 aromatic carbocycles. The number of carbonyl (C=O) groups is 1. The topological polar surface area (TPSA) is 60.0 Å². The van der Waals surface area contributed by atoms with Crippen molar-refractivity contribution in [3.8, 4) is 5.75 Å². The monoisotopic (exact) mass is 384 g/mol. The Balaban J connectivity index is 1.82. The smallest absolute Gasteiger partial charge is 0.257 e. The van der Waals surface area contributed by atoms with Gasteiger partial charge in [0.2, 0.25) is 0 Å². The predicted octanol–water partition coefficient (Wildman–Crippen LogP) is 3.70. The average Bonchev–Trinajstić information content (AvgIpc) is 2.73. The zero-order valence-electron chi connectivity index (χ0n) is 16.5. The highest BCUT2D eigenvalue weighted by atomic mass is 16.5. The van der Waals surface area contributed by atoms with Gasteiger partial charge in [-0.25, -0.2) is 0 Å². The fraction of sp³-hybridized carbons (Fsp3) is 0.409. The maximum Gasteiger partial charge on any atom is 0.257 e. The first kappa shape index (κ1) is 20.2. The molecule has 0 radical (unpaired) electrons. The highest BCUT2D eigenvalue weighted by Crippen LogP contribution is 2.34. The van der Waals surface area contributed by atoms with E-state index in [1.165, 1.54) is 0 Å². The summed E-state index contributed by atoms with van der Waals surface area (Å²) in [5.41, 5.74) is 2.53. The quantitative estimate of drug-likeness (QED) is 0.633. The van der Waals surface area contributed by atoms with Gasteiger partial charge in [-0.15, -0.1) is 0 Å². The molecule has 2 aromatic rings. The molecule has 3 rings (SSSR count). The minimum Gasteiger partial charge on any atom is -0.491 e. The van der Waals surface area contributed by atoms with Gasteiger partial charge in [0, 0.05) is 32.6 Å². The van der Waals surface area contributed by atoms with Crippen LogP contribution in [0.3, 0.4) is 0 Å². The minimum atomic E-state index is -0.255. The Morgan fingerprint density at radius 1 is 1.07 bits per heavy atom. The first-order valence-corrected chi connectivity index (χ1v) is 9.70. The Hall–Kier alpha value is -2.57. The van der Waals surface area contributed by atoms with Crippen LogP contribution in [0.25, 0.3) is 0 Å². The number of para-hydroxylation sites is 1. The molecule has 0 saturated heterocycles. The van der Waals surface area contributed by atoms with E-state index in [-0.39, 0.29) is 12.1 Å². The molecule has 0 aliphatic carbocycles. The highest BCUT2D eigenvalue weighted by Gasteiger charge is 2.32. The van der Waals surface area contributed by atoms with E-state index in [0.717, 1.165) is 23.4 Å². The van der Waals surface area contributed by atoms with Crippen molar-refractivity contribution in [2.45, 2.75) is 19.5 Å². The van der Waals surface area contributed by atoms with Crippen molar-refractivity contribution in [2.24, 2.45) is 0 Å². The standard InChI is InChI=1S/C22H28N2O4/c1-3-27-14-15-28-18-9-6-8-17(16-18)21-23-20-11-5-4-10-19(20)22(25)24(21)12-7-13-26-2/h4-6,8-11,16,21,23H,3,7,12-15H2,1-2H3. The fourth-order valence-corrected chi connectivity index (χ4v) is 3.30. The van der Waals surface area contributed by atoms with Gasteiger partial charge in [-0.3, -0.25) is 4.79 Å². The molecule has 0 fully saturated rings. The first-order valence-electron chi connectivity index (χ1n) is 9.70. The van der Waals surface area contributed by atoms with Crippen LogP contribution in [0.4, 0.5) is 5.69 Å². The number of anilines is 1. The number of ether oxygens (including phenoxy) is 3. The second-order valence-electron chi connectivity index (χ2n) is 6.56. The molecule has 1 unspecified atom stereocenters. The summed E-state index contributed by atoms with van der Waals surface area (Å²) in [4.78, 5) is 15.0. The SMILES string of the molecule is CCOCCOc1cccc(C2Nc3ccccc3C(=O)N2CCCOC)c1. The van der Waals surface area contributed by atoms with E-state index in [1.54, 1.807) is 7.11 Å². The number of amides is 1. The van der Waals surface area contributed by atoms with E-state index in [0.29, 0.717) is 38.5 Å². The summed E-state index contributed by atoms with van der Waals surface area (Å²) >= 11 is 0. The molecular weight excluding hydrogens is 356 g/mol. The van der Waals surface area contributed by atoms with Crippen LogP contribution in [0, 0.1) is 0 Å². The number of fused-ring (bicyclic) bond motifs is 1. The van der Waals surface area contributed by atoms with E-state index in [1.807, 2.05) is 60.4 Å². The third-order valence-electron chi connectivity index (χ3n) is 4.64. The van der Waals surface area contributed by atoms with E-state index in [9.17, 15) is 4.79 Å². The maximum atomic E-state index is 13.1. The molecule has 1 atom stereocenters. The van der Waals surface area contributed by atoms with Crippen LogP contribution >= 0.6 is 0 Å². The summed E-state index contributed by atoms with van der Waals surface area (Å²) in [6.45, 7) is 4.90. The van der Waals surface area contributed by atoms with Gasteiger partial charge in [0.25, 0.3) is 5.91 Å².